The molecule has 24 heteroatoms. The maximum absolute atomic E-state index is 15.0. The van der Waals surface area contributed by atoms with Crippen LogP contribution in [0.2, 0.25) is 0 Å². The first-order chi connectivity index (χ1) is 34.3. The Hall–Kier alpha value is -6.32. The number of alkyl halides is 18. The molecule has 0 N–H and O–H groups in total. The first kappa shape index (κ1) is 52.5. The molecular weight excluding hydrogens is 1260 g/mol. The number of nitrogens with zero attached hydrogens (tertiary/aromatic N) is 2. The van der Waals surface area contributed by atoms with E-state index in [2.05, 4.69) is 9.97 Å². The summed E-state index contributed by atoms with van der Waals surface area (Å²) in [5, 5.41) is 0. The van der Waals surface area contributed by atoms with Gasteiger partial charge in [0.1, 0.15) is 11.0 Å². The van der Waals surface area contributed by atoms with Crippen molar-refractivity contribution in [2.24, 2.45) is 0 Å². The second-order valence-electron chi connectivity index (χ2n) is 16.2. The fourth-order valence-electron chi connectivity index (χ4n) is 8.50. The average Bonchev–Trinajstić information content (AvgIpc) is 3.89. The van der Waals surface area contributed by atoms with E-state index in [1.807, 2.05) is 0 Å². The topological polar surface area (TPSA) is 52.1 Å². The monoisotopic (exact) mass is 1280 g/mol. The van der Waals surface area contributed by atoms with Crippen molar-refractivity contribution in [2.75, 3.05) is 0 Å². The summed E-state index contributed by atoms with van der Waals surface area (Å²) in [5.41, 5.74) is -15.3. The molecule has 0 radical (unpaired) electrons. The standard InChI is InChI=1S/C50H20F18I2N2O2/c51-45(52,53)25-13-23(14-26(19-25)46(54,55)56)31-11-9-21(17-35(31)49(63,64)65)29-5-1-3-7-33(29)37-39-42(74-43(69)71-39)38(40-41(37)73-44(70)72-40)34-8-4-2-6-30(34)22-10-12-32(36(18-22)50(66,67)68)24-15-27(47(57,58)59)20-28(16-24)48(60,61)62/h1-20H. The highest BCUT2D eigenvalue weighted by atomic mass is 127. The molecule has 9 rings (SSSR count). The van der Waals surface area contributed by atoms with Gasteiger partial charge in [-0.1, -0.05) is 72.8 Å². The van der Waals surface area contributed by atoms with Crippen molar-refractivity contribution >= 4 is 67.4 Å². The quantitative estimate of drug-likeness (QED) is 0.123. The van der Waals surface area contributed by atoms with Gasteiger partial charge >= 0.3 is 37.1 Å². The van der Waals surface area contributed by atoms with Crippen molar-refractivity contribution in [3.05, 3.63) is 163 Å². The van der Waals surface area contributed by atoms with Gasteiger partial charge in [0.25, 0.3) is 7.79 Å². The lowest BCUT2D eigenvalue weighted by Gasteiger charge is -2.19. The summed E-state index contributed by atoms with van der Waals surface area (Å²) in [6.07, 6.45) is -32.2. The number of aromatic nitrogens is 2. The maximum Gasteiger partial charge on any atom is 0.417 e. The summed E-state index contributed by atoms with van der Waals surface area (Å²) in [6, 6.07) is 16.2. The predicted molar refractivity (Wildman–Crippen MR) is 250 cm³/mol. The van der Waals surface area contributed by atoms with Gasteiger partial charge in [-0.15, -0.1) is 0 Å². The van der Waals surface area contributed by atoms with E-state index in [1.54, 1.807) is 45.2 Å². The summed E-state index contributed by atoms with van der Waals surface area (Å²) < 4.78 is 268. The molecule has 382 valence electrons. The molecule has 2 aromatic heterocycles. The minimum atomic E-state index is -5.38. The number of benzene rings is 7. The molecule has 2 heterocycles. The van der Waals surface area contributed by atoms with Crippen LogP contribution in [0.1, 0.15) is 33.4 Å². The normalized spacial score (nSPS) is 13.1. The largest absolute Gasteiger partial charge is 0.431 e. The molecule has 0 fully saturated rings. The van der Waals surface area contributed by atoms with E-state index in [0.717, 1.165) is 24.3 Å². The minimum absolute atomic E-state index is 0.00682. The van der Waals surface area contributed by atoms with Crippen molar-refractivity contribution < 1.29 is 87.9 Å². The lowest BCUT2D eigenvalue weighted by molar-refractivity contribution is -0.144. The van der Waals surface area contributed by atoms with Crippen molar-refractivity contribution in [3.63, 3.8) is 0 Å². The second kappa shape index (κ2) is 18.2. The molecule has 0 aliphatic heterocycles. The molecule has 0 aliphatic carbocycles. The molecule has 4 nitrogen and oxygen atoms in total. The highest BCUT2D eigenvalue weighted by Crippen LogP contribution is 2.51. The van der Waals surface area contributed by atoms with Crippen LogP contribution in [0.5, 0.6) is 0 Å². The van der Waals surface area contributed by atoms with Crippen LogP contribution >= 0.6 is 45.2 Å². The van der Waals surface area contributed by atoms with E-state index in [0.29, 0.717) is 12.1 Å². The van der Waals surface area contributed by atoms with Crippen molar-refractivity contribution in [1.29, 1.82) is 0 Å². The van der Waals surface area contributed by atoms with E-state index < -0.39 is 92.7 Å². The minimum Gasteiger partial charge on any atom is -0.431 e. The Morgan fingerprint density at radius 1 is 0.311 bits per heavy atom. The van der Waals surface area contributed by atoms with Crippen LogP contribution in [0, 0.1) is 7.79 Å². The number of fused-ring (bicyclic) bond motifs is 2. The summed E-state index contributed by atoms with van der Waals surface area (Å²) in [4.78, 5) is 9.07. The van der Waals surface area contributed by atoms with Crippen LogP contribution in [-0.2, 0) is 37.1 Å². The third-order valence-corrected chi connectivity index (χ3v) is 12.5. The van der Waals surface area contributed by atoms with Gasteiger partial charge in [0.15, 0.2) is 11.2 Å². The van der Waals surface area contributed by atoms with Crippen LogP contribution in [0.15, 0.2) is 130 Å². The van der Waals surface area contributed by atoms with Crippen molar-refractivity contribution in [3.8, 4) is 66.8 Å². The third kappa shape index (κ3) is 10.0. The molecule has 0 aliphatic rings. The van der Waals surface area contributed by atoms with Crippen LogP contribution in [-0.4, -0.2) is 9.97 Å². The Balaban J connectivity index is 1.24. The first-order valence-corrected chi connectivity index (χ1v) is 22.7. The van der Waals surface area contributed by atoms with Gasteiger partial charge in [0, 0.05) is 45.2 Å². The molecule has 0 saturated carbocycles. The highest BCUT2D eigenvalue weighted by Gasteiger charge is 2.42. The zero-order valence-corrected chi connectivity index (χ0v) is 40.1. The van der Waals surface area contributed by atoms with E-state index in [1.165, 1.54) is 48.5 Å². The van der Waals surface area contributed by atoms with Gasteiger partial charge in [0.05, 0.1) is 44.5 Å². The number of oxazole rings is 2. The highest BCUT2D eigenvalue weighted by molar-refractivity contribution is 14.1. The average molecular weight is 1280 g/mol. The van der Waals surface area contributed by atoms with Gasteiger partial charge in [-0.3, -0.25) is 0 Å². The number of halogens is 20. The third-order valence-electron chi connectivity index (χ3n) is 11.6. The van der Waals surface area contributed by atoms with Crippen LogP contribution in [0.25, 0.3) is 89.0 Å². The molecule has 0 unspecified atom stereocenters. The van der Waals surface area contributed by atoms with Gasteiger partial charge in [-0.2, -0.15) is 79.0 Å². The van der Waals surface area contributed by atoms with Crippen LogP contribution in [0.4, 0.5) is 79.0 Å². The lowest BCUT2D eigenvalue weighted by Crippen LogP contribution is -2.12. The van der Waals surface area contributed by atoms with Gasteiger partial charge in [-0.05, 0) is 104 Å². The van der Waals surface area contributed by atoms with Crippen LogP contribution in [0.3, 0.4) is 0 Å². The van der Waals surface area contributed by atoms with E-state index in [-0.39, 0.29) is 111 Å². The number of rotatable bonds is 6. The van der Waals surface area contributed by atoms with E-state index >= 15 is 0 Å². The summed E-state index contributed by atoms with van der Waals surface area (Å²) in [6.45, 7) is 0. The molecule has 74 heavy (non-hydrogen) atoms. The Morgan fingerprint density at radius 3 is 0.892 bits per heavy atom. The Labute approximate surface area is 429 Å². The molecule has 0 spiro atoms. The van der Waals surface area contributed by atoms with E-state index in [9.17, 15) is 79.0 Å². The Bertz CT molecular complexity index is 3330. The zero-order chi connectivity index (χ0) is 53.8. The smallest absolute Gasteiger partial charge is 0.417 e. The summed E-state index contributed by atoms with van der Waals surface area (Å²) >= 11 is 3.38. The molecule has 0 amide bonds. The van der Waals surface area contributed by atoms with E-state index in [4.69, 9.17) is 8.83 Å². The zero-order valence-electron chi connectivity index (χ0n) is 35.8. The van der Waals surface area contributed by atoms with Crippen LogP contribution < -0.4 is 0 Å². The number of hydrogen-bond donors (Lipinski definition) is 0. The SMILES string of the molecule is FC(F)(F)c1cc(-c2ccc(-c3ccccc3-c3c4nc(I)oc4c(-c4ccccc4-c4ccc(-c5cc(C(F)(F)F)cc(C(F)(F)F)c5)c(C(F)(F)F)c4)c4nc(I)oc34)cc2C(F)(F)F)cc(C(F)(F)F)c1. The van der Waals surface area contributed by atoms with Gasteiger partial charge in [0.2, 0.25) is 0 Å². The maximum atomic E-state index is 15.0. The molecule has 9 aromatic rings. The van der Waals surface area contributed by atoms with Crippen molar-refractivity contribution in [2.45, 2.75) is 37.1 Å². The summed E-state index contributed by atoms with van der Waals surface area (Å²) in [5.74, 6) is 0. The van der Waals surface area contributed by atoms with Gasteiger partial charge < -0.3 is 8.83 Å². The fourth-order valence-corrected chi connectivity index (χ4v) is 9.43. The van der Waals surface area contributed by atoms with Crippen molar-refractivity contribution in [1.82, 2.24) is 9.97 Å². The molecule has 7 aromatic carbocycles. The Kier molecular flexibility index (Phi) is 12.9. The molecule has 0 bridgehead atoms. The second-order valence-corrected chi connectivity index (χ2v) is 18.1. The predicted octanol–water partition coefficient (Wildman–Crippen LogP) is 19.3. The lowest BCUT2D eigenvalue weighted by atomic mass is 9.87. The molecule has 0 saturated heterocycles. The van der Waals surface area contributed by atoms with Gasteiger partial charge in [-0.25, -0.2) is 9.97 Å². The summed E-state index contributed by atoms with van der Waals surface area (Å²) in [7, 11) is 0. The first-order valence-electron chi connectivity index (χ1n) is 20.6. The molecule has 0 atom stereocenters. The molecular formula is C50H20F18I2N2O2. The fraction of sp³-hybridized carbons (Fsp3) is 0.120. The number of hydrogen-bond acceptors (Lipinski definition) is 4. The Morgan fingerprint density at radius 2 is 0.608 bits per heavy atom.